The van der Waals surface area contributed by atoms with Crippen LogP contribution in [0.25, 0.3) is 0 Å². The van der Waals surface area contributed by atoms with Crippen molar-refractivity contribution in [2.45, 2.75) is 32.2 Å². The van der Waals surface area contributed by atoms with Gasteiger partial charge >= 0.3 is 0 Å². The SMILES string of the molecule is COc1ccc(CNC(=O)[C@@H]2C[C@H](CN3CCCC3)CN(CCc3ccccc3)C2)cc1. The molecule has 2 aliphatic heterocycles. The van der Waals surface area contributed by atoms with E-state index in [0.717, 1.165) is 50.3 Å². The summed E-state index contributed by atoms with van der Waals surface area (Å²) in [5, 5.41) is 3.19. The number of methoxy groups -OCH3 is 1. The van der Waals surface area contributed by atoms with E-state index in [-0.39, 0.29) is 11.8 Å². The van der Waals surface area contributed by atoms with E-state index in [4.69, 9.17) is 4.74 Å². The van der Waals surface area contributed by atoms with Crippen molar-refractivity contribution in [3.8, 4) is 5.75 Å². The number of hydrogen-bond donors (Lipinski definition) is 1. The second-order valence-electron chi connectivity index (χ2n) is 9.37. The first-order valence-corrected chi connectivity index (χ1v) is 12.1. The highest BCUT2D eigenvalue weighted by molar-refractivity contribution is 5.79. The van der Waals surface area contributed by atoms with Crippen LogP contribution in [0.3, 0.4) is 0 Å². The molecule has 1 amide bonds. The molecule has 2 aromatic carbocycles. The Morgan fingerprint density at radius 3 is 2.44 bits per heavy atom. The Hall–Kier alpha value is -2.37. The summed E-state index contributed by atoms with van der Waals surface area (Å²) in [4.78, 5) is 18.2. The minimum atomic E-state index is 0.0605. The van der Waals surface area contributed by atoms with Crippen LogP contribution in [0.2, 0.25) is 0 Å². The molecule has 172 valence electrons. The third kappa shape index (κ3) is 6.57. The van der Waals surface area contributed by atoms with Crippen LogP contribution in [0.1, 0.15) is 30.4 Å². The number of rotatable bonds is 9. The zero-order chi connectivity index (χ0) is 22.2. The molecule has 5 heteroatoms. The minimum absolute atomic E-state index is 0.0605. The highest BCUT2D eigenvalue weighted by atomic mass is 16.5. The van der Waals surface area contributed by atoms with Gasteiger partial charge in [-0.1, -0.05) is 42.5 Å². The van der Waals surface area contributed by atoms with Crippen molar-refractivity contribution in [1.29, 1.82) is 0 Å². The van der Waals surface area contributed by atoms with Crippen molar-refractivity contribution >= 4 is 5.91 Å². The van der Waals surface area contributed by atoms with E-state index < -0.39 is 0 Å². The molecular formula is C27H37N3O2. The van der Waals surface area contributed by atoms with Gasteiger partial charge in [-0.3, -0.25) is 4.79 Å². The highest BCUT2D eigenvalue weighted by Crippen LogP contribution is 2.25. The molecule has 2 saturated heterocycles. The van der Waals surface area contributed by atoms with Gasteiger partial charge in [0.2, 0.25) is 5.91 Å². The first-order chi connectivity index (χ1) is 15.7. The minimum Gasteiger partial charge on any atom is -0.497 e. The number of benzene rings is 2. The quantitative estimate of drug-likeness (QED) is 0.654. The van der Waals surface area contributed by atoms with Crippen molar-refractivity contribution in [3.63, 3.8) is 0 Å². The molecule has 0 unspecified atom stereocenters. The van der Waals surface area contributed by atoms with Gasteiger partial charge in [0, 0.05) is 32.7 Å². The van der Waals surface area contributed by atoms with Crippen LogP contribution < -0.4 is 10.1 Å². The van der Waals surface area contributed by atoms with Crippen LogP contribution in [-0.4, -0.2) is 62.1 Å². The Kier molecular flexibility index (Phi) is 8.18. The number of nitrogens with one attached hydrogen (secondary N) is 1. The monoisotopic (exact) mass is 435 g/mol. The van der Waals surface area contributed by atoms with E-state index >= 15 is 0 Å². The summed E-state index contributed by atoms with van der Waals surface area (Å²) in [7, 11) is 1.67. The van der Waals surface area contributed by atoms with Gasteiger partial charge in [-0.15, -0.1) is 0 Å². The smallest absolute Gasteiger partial charge is 0.224 e. The molecule has 0 saturated carbocycles. The lowest BCUT2D eigenvalue weighted by Crippen LogP contribution is -2.49. The molecule has 32 heavy (non-hydrogen) atoms. The fourth-order valence-corrected chi connectivity index (χ4v) is 5.15. The predicted molar refractivity (Wildman–Crippen MR) is 129 cm³/mol. The van der Waals surface area contributed by atoms with Gasteiger partial charge in [0.1, 0.15) is 5.75 Å². The van der Waals surface area contributed by atoms with Crippen LogP contribution in [0.5, 0.6) is 5.75 Å². The second kappa shape index (κ2) is 11.5. The van der Waals surface area contributed by atoms with Gasteiger partial charge < -0.3 is 19.9 Å². The summed E-state index contributed by atoms with van der Waals surface area (Å²) in [5.41, 5.74) is 2.47. The second-order valence-corrected chi connectivity index (χ2v) is 9.37. The molecule has 5 nitrogen and oxygen atoms in total. The zero-order valence-corrected chi connectivity index (χ0v) is 19.3. The van der Waals surface area contributed by atoms with Gasteiger partial charge in [-0.2, -0.15) is 0 Å². The van der Waals surface area contributed by atoms with E-state index in [2.05, 4.69) is 45.4 Å². The summed E-state index contributed by atoms with van der Waals surface area (Å²) in [6, 6.07) is 18.6. The van der Waals surface area contributed by atoms with Crippen molar-refractivity contribution in [2.24, 2.45) is 11.8 Å². The molecule has 2 atom stereocenters. The van der Waals surface area contributed by atoms with Crippen molar-refractivity contribution < 1.29 is 9.53 Å². The Labute approximate surface area is 192 Å². The molecule has 0 radical (unpaired) electrons. The Bertz CT molecular complexity index is 834. The van der Waals surface area contributed by atoms with Crippen molar-refractivity contribution in [1.82, 2.24) is 15.1 Å². The lowest BCUT2D eigenvalue weighted by Gasteiger charge is -2.38. The van der Waals surface area contributed by atoms with E-state index in [0.29, 0.717) is 12.5 Å². The zero-order valence-electron chi connectivity index (χ0n) is 19.3. The predicted octanol–water partition coefficient (Wildman–Crippen LogP) is 3.59. The summed E-state index contributed by atoms with van der Waals surface area (Å²) in [6.07, 6.45) is 4.66. The number of piperidine rings is 1. The fraction of sp³-hybridized carbons (Fsp3) is 0.519. The van der Waals surface area contributed by atoms with Crippen LogP contribution in [0, 0.1) is 11.8 Å². The van der Waals surface area contributed by atoms with Crippen LogP contribution in [0.4, 0.5) is 0 Å². The largest absolute Gasteiger partial charge is 0.497 e. The fourth-order valence-electron chi connectivity index (χ4n) is 5.15. The number of hydrogen-bond acceptors (Lipinski definition) is 4. The molecule has 0 spiro atoms. The molecule has 4 rings (SSSR count). The van der Waals surface area contributed by atoms with Gasteiger partial charge in [-0.05, 0) is 68.0 Å². The number of carbonyl (C=O) groups excluding carboxylic acids is 1. The normalized spacial score (nSPS) is 22.0. The van der Waals surface area contributed by atoms with E-state index in [9.17, 15) is 4.79 Å². The Morgan fingerprint density at radius 2 is 1.72 bits per heavy atom. The standard InChI is InChI=1S/C27H37N3O2/c1-32-26-11-9-23(10-12-26)18-28-27(31)25-17-24(19-29-14-5-6-15-29)20-30(21-25)16-13-22-7-3-2-4-8-22/h2-4,7-12,24-25H,5-6,13-21H2,1H3,(H,28,31)/t24-,25-/m1/s1. The van der Waals surface area contributed by atoms with Crippen molar-refractivity contribution in [3.05, 3.63) is 65.7 Å². The van der Waals surface area contributed by atoms with Crippen LogP contribution in [0.15, 0.2) is 54.6 Å². The third-order valence-corrected chi connectivity index (χ3v) is 6.88. The molecule has 2 fully saturated rings. The topological polar surface area (TPSA) is 44.8 Å². The molecule has 1 N–H and O–H groups in total. The number of ether oxygens (including phenoxy) is 1. The molecular weight excluding hydrogens is 398 g/mol. The molecule has 0 aromatic heterocycles. The summed E-state index contributed by atoms with van der Waals surface area (Å²) >= 11 is 0. The summed E-state index contributed by atoms with van der Waals surface area (Å²) < 4.78 is 5.23. The number of likely N-dealkylation sites (tertiary alicyclic amines) is 2. The van der Waals surface area contributed by atoms with Gasteiger partial charge in [-0.25, -0.2) is 0 Å². The first kappa shape index (κ1) is 22.8. The Balaban J connectivity index is 1.34. The van der Waals surface area contributed by atoms with Gasteiger partial charge in [0.05, 0.1) is 13.0 Å². The van der Waals surface area contributed by atoms with E-state index in [1.807, 2.05) is 24.3 Å². The summed E-state index contributed by atoms with van der Waals surface area (Å²) in [6.45, 7) is 7.11. The molecule has 0 aliphatic carbocycles. The average molecular weight is 436 g/mol. The van der Waals surface area contributed by atoms with E-state index in [1.165, 1.54) is 31.5 Å². The van der Waals surface area contributed by atoms with Gasteiger partial charge in [0.15, 0.2) is 0 Å². The number of carbonyl (C=O) groups is 1. The van der Waals surface area contributed by atoms with Crippen LogP contribution in [-0.2, 0) is 17.8 Å². The van der Waals surface area contributed by atoms with Crippen molar-refractivity contribution in [2.75, 3.05) is 46.4 Å². The molecule has 2 aliphatic rings. The third-order valence-electron chi connectivity index (χ3n) is 6.88. The molecule has 0 bridgehead atoms. The Morgan fingerprint density at radius 1 is 0.969 bits per heavy atom. The molecule has 2 heterocycles. The average Bonchev–Trinajstić information content (AvgIpc) is 3.35. The number of amides is 1. The number of nitrogens with zero attached hydrogens (tertiary/aromatic N) is 2. The maximum atomic E-state index is 13.1. The summed E-state index contributed by atoms with van der Waals surface area (Å²) in [5.74, 6) is 1.66. The highest BCUT2D eigenvalue weighted by Gasteiger charge is 2.32. The first-order valence-electron chi connectivity index (χ1n) is 12.1. The van der Waals surface area contributed by atoms with Gasteiger partial charge in [0.25, 0.3) is 0 Å². The molecule has 2 aromatic rings. The maximum Gasteiger partial charge on any atom is 0.224 e. The van der Waals surface area contributed by atoms with E-state index in [1.54, 1.807) is 7.11 Å². The lowest BCUT2D eigenvalue weighted by atomic mass is 9.87. The van der Waals surface area contributed by atoms with Crippen LogP contribution >= 0.6 is 0 Å². The lowest BCUT2D eigenvalue weighted by molar-refractivity contribution is -0.127. The maximum absolute atomic E-state index is 13.1.